The first kappa shape index (κ1) is 18.2. The fraction of sp³-hybridized carbons (Fsp3) is 0.240. The molecule has 5 rings (SSSR count). The SMILES string of the molecule is O=C(C[NH+]1CC[NH+](C2c3ccccc3-c3ccccc32)CC1)c1ccc(F)cc1. The fourth-order valence-electron chi connectivity index (χ4n) is 4.95. The number of hydrogen-bond donors (Lipinski definition) is 2. The predicted molar refractivity (Wildman–Crippen MR) is 111 cm³/mol. The van der Waals surface area contributed by atoms with E-state index in [2.05, 4.69) is 48.5 Å². The summed E-state index contributed by atoms with van der Waals surface area (Å²) < 4.78 is 13.1. The molecule has 0 radical (unpaired) electrons. The number of rotatable bonds is 4. The Balaban J connectivity index is 1.29. The van der Waals surface area contributed by atoms with E-state index in [1.165, 1.54) is 39.3 Å². The van der Waals surface area contributed by atoms with Gasteiger partial charge in [0.25, 0.3) is 0 Å². The van der Waals surface area contributed by atoms with Crippen LogP contribution in [0, 0.1) is 5.82 Å². The first-order chi connectivity index (χ1) is 14.2. The van der Waals surface area contributed by atoms with Crippen molar-refractivity contribution in [3.8, 4) is 11.1 Å². The number of fused-ring (bicyclic) bond motifs is 3. The predicted octanol–water partition coefficient (Wildman–Crippen LogP) is 1.56. The van der Waals surface area contributed by atoms with Crippen LogP contribution >= 0.6 is 0 Å². The van der Waals surface area contributed by atoms with Crippen molar-refractivity contribution in [2.75, 3.05) is 32.7 Å². The smallest absolute Gasteiger partial charge is 0.216 e. The van der Waals surface area contributed by atoms with Gasteiger partial charge in [-0.3, -0.25) is 4.79 Å². The van der Waals surface area contributed by atoms with Crippen LogP contribution in [0.1, 0.15) is 27.5 Å². The highest BCUT2D eigenvalue weighted by Crippen LogP contribution is 2.41. The van der Waals surface area contributed by atoms with Crippen LogP contribution in [0.5, 0.6) is 0 Å². The van der Waals surface area contributed by atoms with Gasteiger partial charge in [-0.25, -0.2) is 4.39 Å². The van der Waals surface area contributed by atoms with Crippen molar-refractivity contribution in [1.82, 2.24) is 0 Å². The number of halogens is 1. The topological polar surface area (TPSA) is 26.0 Å². The largest absolute Gasteiger partial charge is 0.319 e. The molecule has 1 heterocycles. The van der Waals surface area contributed by atoms with Gasteiger partial charge in [-0.1, -0.05) is 48.5 Å². The summed E-state index contributed by atoms with van der Waals surface area (Å²) in [7, 11) is 0. The quantitative estimate of drug-likeness (QED) is 0.652. The third kappa shape index (κ3) is 3.39. The summed E-state index contributed by atoms with van der Waals surface area (Å²) in [5.74, 6) is -0.205. The van der Waals surface area contributed by atoms with E-state index in [4.69, 9.17) is 0 Å². The maximum atomic E-state index is 13.1. The van der Waals surface area contributed by atoms with E-state index in [0.29, 0.717) is 18.2 Å². The first-order valence-electron chi connectivity index (χ1n) is 10.4. The number of Topliss-reactive ketones (excluding diaryl/α,β-unsaturated/α-hetero) is 1. The number of carbonyl (C=O) groups excluding carboxylic acids is 1. The van der Waals surface area contributed by atoms with E-state index in [1.54, 1.807) is 17.0 Å². The van der Waals surface area contributed by atoms with Crippen LogP contribution in [-0.4, -0.2) is 38.5 Å². The van der Waals surface area contributed by atoms with Crippen LogP contribution in [0.25, 0.3) is 11.1 Å². The molecule has 1 aliphatic heterocycles. The van der Waals surface area contributed by atoms with Gasteiger partial charge in [-0.05, 0) is 35.4 Å². The minimum absolute atomic E-state index is 0.0972. The highest BCUT2D eigenvalue weighted by molar-refractivity contribution is 5.96. The molecule has 0 saturated carbocycles. The van der Waals surface area contributed by atoms with Crippen LogP contribution in [0.2, 0.25) is 0 Å². The second kappa shape index (κ2) is 7.54. The molecular weight excluding hydrogens is 363 g/mol. The number of quaternary nitrogens is 2. The lowest BCUT2D eigenvalue weighted by Gasteiger charge is -2.33. The molecule has 3 nitrogen and oxygen atoms in total. The van der Waals surface area contributed by atoms with Crippen molar-refractivity contribution in [2.24, 2.45) is 0 Å². The highest BCUT2D eigenvalue weighted by atomic mass is 19.1. The van der Waals surface area contributed by atoms with Gasteiger partial charge in [0.15, 0.2) is 0 Å². The Morgan fingerprint density at radius 1 is 0.793 bits per heavy atom. The Hall–Kier alpha value is -2.82. The molecule has 0 aromatic heterocycles. The molecule has 2 N–H and O–H groups in total. The number of piperazine rings is 1. The molecule has 3 aromatic carbocycles. The number of benzene rings is 3. The van der Waals surface area contributed by atoms with Gasteiger partial charge in [0.05, 0.1) is 0 Å². The van der Waals surface area contributed by atoms with Crippen LogP contribution in [0.3, 0.4) is 0 Å². The van der Waals surface area contributed by atoms with Crippen molar-refractivity contribution in [3.05, 3.63) is 95.3 Å². The van der Waals surface area contributed by atoms with E-state index < -0.39 is 0 Å². The summed E-state index contributed by atoms with van der Waals surface area (Å²) in [6.07, 6.45) is 0. The maximum absolute atomic E-state index is 13.1. The van der Waals surface area contributed by atoms with Crippen molar-refractivity contribution < 1.29 is 19.0 Å². The molecule has 1 fully saturated rings. The van der Waals surface area contributed by atoms with Crippen LogP contribution in [0.15, 0.2) is 72.8 Å². The molecular formula is C25H25FN2O+2. The molecule has 1 saturated heterocycles. The van der Waals surface area contributed by atoms with Crippen molar-refractivity contribution in [3.63, 3.8) is 0 Å². The summed E-state index contributed by atoms with van der Waals surface area (Å²) in [6, 6.07) is 23.8. The third-order valence-corrected chi connectivity index (χ3v) is 6.42. The van der Waals surface area contributed by atoms with Crippen molar-refractivity contribution in [1.29, 1.82) is 0 Å². The summed E-state index contributed by atoms with van der Waals surface area (Å²) in [4.78, 5) is 15.4. The van der Waals surface area contributed by atoms with Crippen LogP contribution < -0.4 is 9.80 Å². The van der Waals surface area contributed by atoms with Gasteiger partial charge in [0, 0.05) is 16.7 Å². The molecule has 0 bridgehead atoms. The Bertz CT molecular complexity index is 993. The van der Waals surface area contributed by atoms with Crippen molar-refractivity contribution >= 4 is 5.78 Å². The van der Waals surface area contributed by atoms with Gasteiger partial charge in [-0.2, -0.15) is 0 Å². The highest BCUT2D eigenvalue weighted by Gasteiger charge is 2.38. The molecule has 0 unspecified atom stereocenters. The van der Waals surface area contributed by atoms with Gasteiger partial charge in [0.2, 0.25) is 5.78 Å². The monoisotopic (exact) mass is 388 g/mol. The van der Waals surface area contributed by atoms with Gasteiger partial charge in [0.1, 0.15) is 44.6 Å². The molecule has 2 aliphatic rings. The Kier molecular flexibility index (Phi) is 4.74. The molecule has 146 valence electrons. The second-order valence-corrected chi connectivity index (χ2v) is 8.12. The van der Waals surface area contributed by atoms with Crippen molar-refractivity contribution in [2.45, 2.75) is 6.04 Å². The molecule has 0 atom stereocenters. The first-order valence-corrected chi connectivity index (χ1v) is 10.4. The number of nitrogens with one attached hydrogen (secondary N) is 2. The lowest BCUT2D eigenvalue weighted by atomic mass is 10.0. The molecule has 29 heavy (non-hydrogen) atoms. The minimum Gasteiger partial charge on any atom is -0.319 e. The summed E-state index contributed by atoms with van der Waals surface area (Å²) in [6.45, 7) is 4.52. The minimum atomic E-state index is -0.303. The van der Waals surface area contributed by atoms with E-state index >= 15 is 0 Å². The summed E-state index contributed by atoms with van der Waals surface area (Å²) >= 11 is 0. The summed E-state index contributed by atoms with van der Waals surface area (Å²) in [5.41, 5.74) is 6.18. The second-order valence-electron chi connectivity index (χ2n) is 8.12. The van der Waals surface area contributed by atoms with E-state index in [0.717, 1.165) is 26.2 Å². The average molecular weight is 388 g/mol. The standard InChI is InChI=1S/C25H23FN2O/c26-19-11-9-18(10-12-19)24(29)17-27-13-15-28(16-14-27)25-22-7-3-1-5-20(22)21-6-2-4-8-23(21)25/h1-12,25H,13-17H2/p+2. The molecule has 3 aromatic rings. The zero-order chi connectivity index (χ0) is 19.8. The van der Waals surface area contributed by atoms with E-state index in [-0.39, 0.29) is 11.6 Å². The zero-order valence-electron chi connectivity index (χ0n) is 16.3. The van der Waals surface area contributed by atoms with Gasteiger partial charge >= 0.3 is 0 Å². The van der Waals surface area contributed by atoms with Crippen LogP contribution in [-0.2, 0) is 0 Å². The van der Waals surface area contributed by atoms with Crippen LogP contribution in [0.4, 0.5) is 4.39 Å². The number of hydrogen-bond acceptors (Lipinski definition) is 1. The Morgan fingerprint density at radius 2 is 1.34 bits per heavy atom. The normalized spacial score (nSPS) is 20.9. The maximum Gasteiger partial charge on any atom is 0.216 e. The Labute approximate surface area is 170 Å². The molecule has 0 amide bonds. The van der Waals surface area contributed by atoms with Gasteiger partial charge in [-0.15, -0.1) is 0 Å². The molecule has 1 aliphatic carbocycles. The summed E-state index contributed by atoms with van der Waals surface area (Å²) in [5, 5.41) is 0. The number of ketones is 1. The third-order valence-electron chi connectivity index (χ3n) is 6.42. The molecule has 0 spiro atoms. The lowest BCUT2D eigenvalue weighted by molar-refractivity contribution is -1.02. The number of carbonyl (C=O) groups is 1. The van der Waals surface area contributed by atoms with E-state index in [1.807, 2.05) is 0 Å². The zero-order valence-corrected chi connectivity index (χ0v) is 16.3. The van der Waals surface area contributed by atoms with E-state index in [9.17, 15) is 9.18 Å². The fourth-order valence-corrected chi connectivity index (χ4v) is 4.95. The lowest BCUT2D eigenvalue weighted by Crippen LogP contribution is -3.28. The van der Waals surface area contributed by atoms with Gasteiger partial charge < -0.3 is 9.80 Å². The average Bonchev–Trinajstić information content (AvgIpc) is 3.09. The Morgan fingerprint density at radius 3 is 1.93 bits per heavy atom. The molecule has 4 heteroatoms.